The molecule has 31 heavy (non-hydrogen) atoms. The molecule has 2 spiro atoms. The highest BCUT2D eigenvalue weighted by Crippen LogP contribution is 2.77. The summed E-state index contributed by atoms with van der Waals surface area (Å²) in [6.45, 7) is 6.23. The highest BCUT2D eigenvalue weighted by atomic mass is 16.6. The summed E-state index contributed by atoms with van der Waals surface area (Å²) >= 11 is 0. The van der Waals surface area contributed by atoms with E-state index >= 15 is 0 Å². The van der Waals surface area contributed by atoms with E-state index in [-0.39, 0.29) is 28.6 Å². The summed E-state index contributed by atoms with van der Waals surface area (Å²) in [5.41, 5.74) is 1.24. The molecule has 4 saturated carbocycles. The molecule has 0 radical (unpaired) electrons. The van der Waals surface area contributed by atoms with Gasteiger partial charge < -0.3 is 19.7 Å². The van der Waals surface area contributed by atoms with Crippen molar-refractivity contribution in [2.75, 3.05) is 20.2 Å². The van der Waals surface area contributed by atoms with E-state index in [4.69, 9.17) is 9.47 Å². The van der Waals surface area contributed by atoms with Gasteiger partial charge in [-0.15, -0.1) is 0 Å². The molecule has 0 aromatic heterocycles. The SMILES string of the molecule is CO[C@@]12CCC3(CC1C(C)(C)O)C1Cc4ccc(O)c5c4[C@@]3(CCN1CC1CC1)C2O5. The zero-order valence-electron chi connectivity index (χ0n) is 19.0. The van der Waals surface area contributed by atoms with Crippen molar-refractivity contribution in [2.45, 2.75) is 87.6 Å². The number of fused-ring (bicyclic) bond motifs is 2. The fourth-order valence-electron chi connectivity index (χ4n) is 9.23. The molecule has 8 rings (SSSR count). The lowest BCUT2D eigenvalue weighted by Gasteiger charge is -2.75. The minimum absolute atomic E-state index is 0.0123. The highest BCUT2D eigenvalue weighted by molar-refractivity contribution is 5.63. The average molecular weight is 426 g/mol. The van der Waals surface area contributed by atoms with E-state index in [2.05, 4.69) is 11.0 Å². The maximum atomic E-state index is 11.4. The Morgan fingerprint density at radius 1 is 1.23 bits per heavy atom. The fourth-order valence-corrected chi connectivity index (χ4v) is 9.23. The molecule has 4 unspecified atom stereocenters. The van der Waals surface area contributed by atoms with E-state index in [9.17, 15) is 10.2 Å². The van der Waals surface area contributed by atoms with Crippen LogP contribution >= 0.6 is 0 Å². The molecule has 5 aliphatic carbocycles. The number of piperidine rings is 1. The number of phenolic OH excluding ortho intramolecular Hbond substituents is 1. The predicted molar refractivity (Wildman–Crippen MR) is 116 cm³/mol. The molecule has 6 atom stereocenters. The molecule has 7 aliphatic rings. The first kappa shape index (κ1) is 19.2. The molecule has 5 heteroatoms. The van der Waals surface area contributed by atoms with Crippen molar-refractivity contribution < 1.29 is 19.7 Å². The van der Waals surface area contributed by atoms with Gasteiger partial charge in [0.2, 0.25) is 0 Å². The molecule has 1 aromatic rings. The Balaban J connectivity index is 1.49. The average Bonchev–Trinajstić information content (AvgIpc) is 3.47. The first-order valence-electron chi connectivity index (χ1n) is 12.3. The summed E-state index contributed by atoms with van der Waals surface area (Å²) in [5.74, 6) is 1.86. The Hall–Kier alpha value is -1.30. The summed E-state index contributed by atoms with van der Waals surface area (Å²) in [5, 5.41) is 22.2. The second kappa shape index (κ2) is 5.60. The van der Waals surface area contributed by atoms with Gasteiger partial charge in [0.15, 0.2) is 11.5 Å². The standard InChI is InChI=1S/C26H35NO4/c1-23(2,29)18-13-24-8-9-26(18,30-3)22-25(24)10-11-27(14-15-4-5-15)19(24)12-16-6-7-17(28)21(31-22)20(16)25/h6-7,15,18-19,22,28-29H,4-5,8-14H2,1-3H3/t18?,19?,22?,24?,25-,26-/m0/s1. The maximum absolute atomic E-state index is 11.4. The Morgan fingerprint density at radius 3 is 2.74 bits per heavy atom. The number of likely N-dealkylation sites (tertiary alicyclic amines) is 1. The Labute approximate surface area is 184 Å². The maximum Gasteiger partial charge on any atom is 0.165 e. The summed E-state index contributed by atoms with van der Waals surface area (Å²) < 4.78 is 13.2. The van der Waals surface area contributed by atoms with Gasteiger partial charge >= 0.3 is 0 Å². The van der Waals surface area contributed by atoms with Crippen molar-refractivity contribution in [3.8, 4) is 11.5 Å². The monoisotopic (exact) mass is 425 g/mol. The van der Waals surface area contributed by atoms with Crippen molar-refractivity contribution in [3.63, 3.8) is 0 Å². The molecule has 168 valence electrons. The van der Waals surface area contributed by atoms with E-state index in [0.29, 0.717) is 11.8 Å². The van der Waals surface area contributed by atoms with E-state index < -0.39 is 11.2 Å². The van der Waals surface area contributed by atoms with Crippen LogP contribution in [0.5, 0.6) is 11.5 Å². The molecule has 5 nitrogen and oxygen atoms in total. The summed E-state index contributed by atoms with van der Waals surface area (Å²) in [6, 6.07) is 4.46. The van der Waals surface area contributed by atoms with Crippen LogP contribution in [-0.2, 0) is 16.6 Å². The number of hydrogen-bond acceptors (Lipinski definition) is 5. The minimum Gasteiger partial charge on any atom is -0.504 e. The van der Waals surface area contributed by atoms with Crippen molar-refractivity contribution in [1.82, 2.24) is 4.90 Å². The second-order valence-electron chi connectivity index (χ2n) is 12.1. The number of nitrogens with zero attached hydrogens (tertiary/aromatic N) is 1. The van der Waals surface area contributed by atoms with Crippen LogP contribution in [0.25, 0.3) is 0 Å². The largest absolute Gasteiger partial charge is 0.504 e. The van der Waals surface area contributed by atoms with Crippen LogP contribution in [0.15, 0.2) is 12.1 Å². The molecule has 0 amide bonds. The van der Waals surface area contributed by atoms with Gasteiger partial charge in [0.25, 0.3) is 0 Å². The van der Waals surface area contributed by atoms with Crippen LogP contribution in [-0.4, -0.2) is 58.7 Å². The van der Waals surface area contributed by atoms with Crippen LogP contribution in [0, 0.1) is 17.3 Å². The van der Waals surface area contributed by atoms with Crippen molar-refractivity contribution in [1.29, 1.82) is 0 Å². The van der Waals surface area contributed by atoms with Gasteiger partial charge in [0, 0.05) is 42.0 Å². The number of hydrogen-bond donors (Lipinski definition) is 2. The number of ether oxygens (including phenoxy) is 2. The first-order chi connectivity index (χ1) is 14.8. The predicted octanol–water partition coefficient (Wildman–Crippen LogP) is 3.39. The van der Waals surface area contributed by atoms with Gasteiger partial charge in [-0.2, -0.15) is 0 Å². The van der Waals surface area contributed by atoms with Crippen molar-refractivity contribution >= 4 is 0 Å². The number of rotatable bonds is 4. The van der Waals surface area contributed by atoms with Gasteiger partial charge in [-0.1, -0.05) is 6.07 Å². The number of aliphatic hydroxyl groups is 1. The second-order valence-corrected chi connectivity index (χ2v) is 12.1. The quantitative estimate of drug-likeness (QED) is 0.774. The van der Waals surface area contributed by atoms with E-state index in [0.717, 1.165) is 44.6 Å². The molecule has 5 fully saturated rings. The normalized spacial score (nSPS) is 44.8. The molecule has 2 N–H and O–H groups in total. The van der Waals surface area contributed by atoms with Crippen molar-refractivity contribution in [2.24, 2.45) is 17.3 Å². The van der Waals surface area contributed by atoms with E-state index in [1.165, 1.54) is 30.5 Å². The van der Waals surface area contributed by atoms with Crippen LogP contribution < -0.4 is 4.74 Å². The number of phenols is 1. The number of aromatic hydroxyl groups is 1. The third kappa shape index (κ3) is 2.02. The first-order valence-corrected chi connectivity index (χ1v) is 12.3. The molecule has 4 bridgehead atoms. The minimum atomic E-state index is -0.846. The number of methoxy groups -OCH3 is 1. The molecular formula is C26H35NO4. The Morgan fingerprint density at radius 2 is 2.03 bits per heavy atom. The molecule has 1 saturated heterocycles. The van der Waals surface area contributed by atoms with Crippen molar-refractivity contribution in [3.05, 3.63) is 23.3 Å². The van der Waals surface area contributed by atoms with Crippen LogP contribution in [0.2, 0.25) is 0 Å². The van der Waals surface area contributed by atoms with Crippen LogP contribution in [0.4, 0.5) is 0 Å². The highest BCUT2D eigenvalue weighted by Gasteiger charge is 2.81. The summed E-state index contributed by atoms with van der Waals surface area (Å²) in [4.78, 5) is 2.81. The van der Waals surface area contributed by atoms with Crippen LogP contribution in [0.1, 0.15) is 63.5 Å². The van der Waals surface area contributed by atoms with E-state index in [1.54, 1.807) is 0 Å². The molecular weight excluding hydrogens is 390 g/mol. The topological polar surface area (TPSA) is 62.2 Å². The molecule has 2 heterocycles. The van der Waals surface area contributed by atoms with Gasteiger partial charge in [-0.3, -0.25) is 4.90 Å². The third-order valence-corrected chi connectivity index (χ3v) is 10.5. The lowest BCUT2D eigenvalue weighted by molar-refractivity contribution is -0.300. The summed E-state index contributed by atoms with van der Waals surface area (Å²) in [6.07, 6.45) is 7.72. The van der Waals surface area contributed by atoms with Crippen LogP contribution in [0.3, 0.4) is 0 Å². The smallest absolute Gasteiger partial charge is 0.165 e. The Kier molecular flexibility index (Phi) is 3.47. The number of benzene rings is 1. The zero-order chi connectivity index (χ0) is 21.4. The molecule has 1 aromatic carbocycles. The van der Waals surface area contributed by atoms with Gasteiger partial charge in [0.05, 0.1) is 5.60 Å². The summed E-state index contributed by atoms with van der Waals surface area (Å²) in [7, 11) is 1.81. The lowest BCUT2D eigenvalue weighted by Crippen LogP contribution is -2.82. The fraction of sp³-hybridized carbons (Fsp3) is 0.769. The van der Waals surface area contributed by atoms with Gasteiger partial charge in [0.1, 0.15) is 11.7 Å². The van der Waals surface area contributed by atoms with Gasteiger partial charge in [-0.25, -0.2) is 0 Å². The third-order valence-electron chi connectivity index (χ3n) is 10.5. The lowest BCUT2D eigenvalue weighted by atomic mass is 9.34. The zero-order valence-corrected chi connectivity index (χ0v) is 19.0. The Bertz CT molecular complexity index is 967. The molecule has 2 aliphatic heterocycles. The van der Waals surface area contributed by atoms with Gasteiger partial charge in [-0.05, 0) is 82.9 Å². The van der Waals surface area contributed by atoms with E-state index in [1.807, 2.05) is 27.0 Å².